The molecule has 2 saturated heterocycles. The van der Waals surface area contributed by atoms with E-state index in [2.05, 4.69) is 25.1 Å². The van der Waals surface area contributed by atoms with Crippen LogP contribution >= 0.6 is 7.82 Å². The van der Waals surface area contributed by atoms with Crippen molar-refractivity contribution in [3.63, 3.8) is 0 Å². The van der Waals surface area contributed by atoms with Crippen molar-refractivity contribution in [3.8, 4) is 0 Å². The summed E-state index contributed by atoms with van der Waals surface area (Å²) in [5.41, 5.74) is 2.83. The molecule has 238 valence electrons. The number of hydrogen-bond donors (Lipinski definition) is 8. The van der Waals surface area contributed by atoms with Crippen molar-refractivity contribution < 1.29 is 109 Å². The van der Waals surface area contributed by atoms with Gasteiger partial charge in [0.1, 0.15) is 42.6 Å². The van der Waals surface area contributed by atoms with Gasteiger partial charge in [0.05, 0.1) is 25.4 Å². The van der Waals surface area contributed by atoms with Gasteiger partial charge in [-0.1, -0.05) is 0 Å². The van der Waals surface area contributed by atoms with Crippen molar-refractivity contribution in [2.45, 2.75) is 74.1 Å². The number of phosphoric ester groups is 1. The minimum atomic E-state index is -5.81. The van der Waals surface area contributed by atoms with Crippen LogP contribution in [0.4, 0.5) is 0 Å². The van der Waals surface area contributed by atoms with E-state index in [-0.39, 0.29) is 36.1 Å². The zero-order valence-electron chi connectivity index (χ0n) is 23.0. The minimum Gasteiger partial charge on any atom is -0.756 e. The molecule has 1 aromatic rings. The fourth-order valence-corrected chi connectivity index (χ4v) is 5.33. The summed E-state index contributed by atoms with van der Waals surface area (Å²) in [4.78, 5) is 52.5. The molecule has 1 amide bonds. The number of aliphatic hydroxyl groups excluding tert-OH is 6. The first-order valence-corrected chi connectivity index (χ1v) is 13.9. The first kappa shape index (κ1) is 37.8. The van der Waals surface area contributed by atoms with Crippen molar-refractivity contribution in [2.75, 3.05) is 19.8 Å². The summed E-state index contributed by atoms with van der Waals surface area (Å²) >= 11 is 0. The fraction of sp³-hybridized carbons (Fsp3) is 0.714. The quantitative estimate of drug-likeness (QED) is 0.0768. The van der Waals surface area contributed by atoms with Crippen LogP contribution in [-0.2, 0) is 32.7 Å². The number of carboxylic acid groups (broad SMARTS) is 1. The molecule has 43 heavy (non-hydrogen) atoms. The Morgan fingerprint density at radius 2 is 1.98 bits per heavy atom. The van der Waals surface area contributed by atoms with Gasteiger partial charge in [-0.25, -0.2) is 4.79 Å². The summed E-state index contributed by atoms with van der Waals surface area (Å²) in [7, 11) is -5.81. The summed E-state index contributed by atoms with van der Waals surface area (Å²) in [5, 5.41) is 75.1. The number of aromatic nitrogens is 2. The molecule has 0 spiro atoms. The van der Waals surface area contributed by atoms with Crippen molar-refractivity contribution in [1.29, 1.82) is 0 Å². The molecule has 0 radical (unpaired) electrons. The van der Waals surface area contributed by atoms with Gasteiger partial charge in [0, 0.05) is 18.3 Å². The zero-order valence-corrected chi connectivity index (χ0v) is 25.9. The number of rotatable bonds is 12. The maximum atomic E-state index is 12.7. The minimum absolute atomic E-state index is 0. The number of carbonyl (C=O) groups excluding carboxylic acids is 2. The predicted molar refractivity (Wildman–Crippen MR) is 126 cm³/mol. The van der Waals surface area contributed by atoms with E-state index in [4.69, 9.17) is 9.47 Å². The number of carbonyl (C=O) groups is 2. The summed E-state index contributed by atoms with van der Waals surface area (Å²) < 4.78 is 33.4. The van der Waals surface area contributed by atoms with Crippen LogP contribution in [0.5, 0.6) is 0 Å². The van der Waals surface area contributed by atoms with E-state index in [9.17, 15) is 59.6 Å². The van der Waals surface area contributed by atoms with Crippen LogP contribution < -0.4 is 56.3 Å². The molecule has 2 aliphatic rings. The second-order valence-electron chi connectivity index (χ2n) is 9.62. The Morgan fingerprint density at radius 1 is 1.33 bits per heavy atom. The molecule has 22 heteroatoms. The Hall–Kier alpha value is -1.43. The average Bonchev–Trinajstić information content (AvgIpc) is 3.20. The smallest absolute Gasteiger partial charge is 0.756 e. The van der Waals surface area contributed by atoms with Gasteiger partial charge in [0.15, 0.2) is 12.8 Å². The maximum absolute atomic E-state index is 12.7. The average molecular weight is 650 g/mol. The second-order valence-corrected chi connectivity index (χ2v) is 11.0. The Bertz CT molecular complexity index is 1240. The SMILES string of the molecule is Cc1ccn([C@@H]2O[C@H](COP(=O)([O-])O[C@@]3(C(=O)[O-])C[C@@H](O)[C@@H](NC(=O)C[NH3+])C([C@H](O)[C@H](O)CO)O3)[C@H](O)C2O)c(=O)n1.[Na+]. The molecule has 3 heterocycles. The molecule has 11 atom stereocenters. The number of aryl methyl sites for hydroxylation is 1. The molecule has 10 N–H and O–H groups in total. The van der Waals surface area contributed by atoms with Gasteiger partial charge in [-0.3, -0.25) is 18.5 Å². The van der Waals surface area contributed by atoms with E-state index in [1.165, 1.54) is 19.2 Å². The van der Waals surface area contributed by atoms with E-state index in [1.54, 1.807) is 0 Å². The molecule has 1 aromatic heterocycles. The third-order valence-electron chi connectivity index (χ3n) is 6.59. The normalized spacial score (nSPS) is 33.6. The molecule has 0 bridgehead atoms. The van der Waals surface area contributed by atoms with E-state index in [1.807, 2.05) is 0 Å². The first-order chi connectivity index (χ1) is 19.6. The number of nitrogens with zero attached hydrogens (tertiary/aromatic N) is 2. The van der Waals surface area contributed by atoms with Gasteiger partial charge < -0.3 is 70.5 Å². The number of amides is 1. The van der Waals surface area contributed by atoms with Crippen molar-refractivity contribution >= 4 is 19.7 Å². The predicted octanol–water partition coefficient (Wildman–Crippen LogP) is -11.3. The van der Waals surface area contributed by atoms with E-state index in [0.29, 0.717) is 5.69 Å². The van der Waals surface area contributed by atoms with Crippen LogP contribution in [0.1, 0.15) is 18.3 Å². The van der Waals surface area contributed by atoms with E-state index < -0.39 is 106 Å². The molecule has 2 fully saturated rings. The number of quaternary nitrogens is 1. The molecule has 2 aliphatic heterocycles. The first-order valence-electron chi connectivity index (χ1n) is 12.4. The summed E-state index contributed by atoms with van der Waals surface area (Å²) in [6.45, 7) is -1.01. The summed E-state index contributed by atoms with van der Waals surface area (Å²) in [6.07, 6.45) is -14.9. The third-order valence-corrected chi connectivity index (χ3v) is 7.58. The summed E-state index contributed by atoms with van der Waals surface area (Å²) in [6, 6.07) is -0.233. The summed E-state index contributed by atoms with van der Waals surface area (Å²) in [5.74, 6) is -6.57. The number of carboxylic acids is 1. The molecule has 3 unspecified atom stereocenters. The number of aliphatic carboxylic acids is 1. The van der Waals surface area contributed by atoms with Gasteiger partial charge in [0.2, 0.25) is 5.79 Å². The van der Waals surface area contributed by atoms with Crippen LogP contribution in [-0.4, -0.2) is 126 Å². The molecule has 3 rings (SSSR count). The van der Waals surface area contributed by atoms with E-state index in [0.717, 1.165) is 4.57 Å². The number of nitrogens with one attached hydrogen (secondary N) is 1. The Balaban J connectivity index is 0.00000645. The van der Waals surface area contributed by atoms with Crippen molar-refractivity contribution in [2.24, 2.45) is 0 Å². The standard InChI is InChI=1S/C21H33N4O16P.Na/c1-8-2-3-25(20(35)23-8)18-16(32)15(31)11(39-18)7-38-42(36,37)41-21(19(33)34)4-9(27)13(24-12(29)5-22)17(40-21)14(30)10(28)6-26;/h2-3,9-11,13-18,26-28,30-32H,4-7,22H2,1H3,(H,24,29)(H,33,34)(H,36,37);/q;+1/p-1/t9-,10-,11-,13-,14-,15+,16?,17?,18-,21-;/m1./s1. The number of aliphatic hydroxyl groups is 6. The van der Waals surface area contributed by atoms with Crippen LogP contribution in [0.3, 0.4) is 0 Å². The molecular weight excluding hydrogens is 618 g/mol. The maximum Gasteiger partial charge on any atom is 1.00 e. The molecular formula is C21H32N4NaO16P. The van der Waals surface area contributed by atoms with E-state index >= 15 is 0 Å². The van der Waals surface area contributed by atoms with Gasteiger partial charge in [-0.15, -0.1) is 0 Å². The third kappa shape index (κ3) is 8.64. The van der Waals surface area contributed by atoms with Gasteiger partial charge >= 0.3 is 35.2 Å². The topological polar surface area (TPSA) is 330 Å². The fourth-order valence-electron chi connectivity index (χ4n) is 4.40. The van der Waals surface area contributed by atoms with Crippen LogP contribution in [0, 0.1) is 6.92 Å². The van der Waals surface area contributed by atoms with Crippen LogP contribution in [0.25, 0.3) is 0 Å². The molecule has 20 nitrogen and oxygen atoms in total. The molecule has 0 saturated carbocycles. The Morgan fingerprint density at radius 3 is 2.53 bits per heavy atom. The Labute approximate surface area is 264 Å². The number of ether oxygens (including phenoxy) is 2. The molecule has 0 aliphatic carbocycles. The Kier molecular flexibility index (Phi) is 13.4. The van der Waals surface area contributed by atoms with Gasteiger partial charge in [0.25, 0.3) is 13.7 Å². The van der Waals surface area contributed by atoms with Crippen LogP contribution in [0.2, 0.25) is 0 Å². The molecule has 0 aromatic carbocycles. The largest absolute Gasteiger partial charge is 1.00 e. The monoisotopic (exact) mass is 650 g/mol. The van der Waals surface area contributed by atoms with Gasteiger partial charge in [-0.05, 0) is 13.0 Å². The second kappa shape index (κ2) is 15.2. The number of hydrogen-bond acceptors (Lipinski definition) is 17. The van der Waals surface area contributed by atoms with Crippen molar-refractivity contribution in [1.82, 2.24) is 14.9 Å². The van der Waals surface area contributed by atoms with Crippen molar-refractivity contribution in [3.05, 3.63) is 28.4 Å². The number of phosphoric acid groups is 1. The van der Waals surface area contributed by atoms with Gasteiger partial charge in [-0.2, -0.15) is 4.98 Å². The zero-order chi connectivity index (χ0) is 31.6. The van der Waals surface area contributed by atoms with Crippen LogP contribution in [0.15, 0.2) is 17.1 Å².